The summed E-state index contributed by atoms with van der Waals surface area (Å²) in [6.07, 6.45) is 6.13. The summed E-state index contributed by atoms with van der Waals surface area (Å²) >= 11 is 0. The monoisotopic (exact) mass is 183 g/mol. The van der Waals surface area contributed by atoms with Crippen LogP contribution in [0.5, 0.6) is 0 Å². The molecular formula is C10H17NO2. The molecule has 2 aliphatic heterocycles. The third kappa shape index (κ3) is 1.39. The van der Waals surface area contributed by atoms with E-state index in [4.69, 9.17) is 9.47 Å². The Morgan fingerprint density at radius 1 is 0.923 bits per heavy atom. The molecule has 74 valence electrons. The fourth-order valence-corrected chi connectivity index (χ4v) is 2.73. The zero-order valence-corrected chi connectivity index (χ0v) is 7.87. The Bertz CT molecular complexity index is 179. The van der Waals surface area contributed by atoms with Crippen LogP contribution in [0, 0.1) is 5.92 Å². The van der Waals surface area contributed by atoms with Crippen molar-refractivity contribution in [1.82, 2.24) is 5.32 Å². The van der Waals surface area contributed by atoms with Crippen molar-refractivity contribution in [2.75, 3.05) is 13.1 Å². The fourth-order valence-electron chi connectivity index (χ4n) is 2.73. The molecule has 0 spiro atoms. The van der Waals surface area contributed by atoms with Crippen LogP contribution in [0.2, 0.25) is 0 Å². The third-order valence-electron chi connectivity index (χ3n) is 3.51. The van der Waals surface area contributed by atoms with Gasteiger partial charge in [0.15, 0.2) is 6.29 Å². The fraction of sp³-hybridized carbons (Fsp3) is 1.00. The first kappa shape index (κ1) is 8.21. The molecule has 0 aromatic rings. The molecule has 1 aliphatic carbocycles. The molecule has 13 heavy (non-hydrogen) atoms. The quantitative estimate of drug-likeness (QED) is 0.655. The molecule has 2 heterocycles. The van der Waals surface area contributed by atoms with Crippen LogP contribution < -0.4 is 5.32 Å². The van der Waals surface area contributed by atoms with E-state index in [2.05, 4.69) is 5.32 Å². The topological polar surface area (TPSA) is 30.5 Å². The Hall–Kier alpha value is -0.120. The van der Waals surface area contributed by atoms with Gasteiger partial charge in [-0.2, -0.15) is 0 Å². The maximum absolute atomic E-state index is 5.88. The predicted octanol–water partition coefficient (Wildman–Crippen LogP) is 0.890. The largest absolute Gasteiger partial charge is 0.345 e. The Kier molecular flexibility index (Phi) is 2.04. The second kappa shape index (κ2) is 3.23. The van der Waals surface area contributed by atoms with Crippen molar-refractivity contribution in [3.05, 3.63) is 0 Å². The minimum atomic E-state index is 0.125. The van der Waals surface area contributed by atoms with Crippen LogP contribution in [-0.4, -0.2) is 31.6 Å². The summed E-state index contributed by atoms with van der Waals surface area (Å²) in [6, 6.07) is 0. The molecule has 1 saturated carbocycles. The van der Waals surface area contributed by atoms with Gasteiger partial charge in [0, 0.05) is 19.0 Å². The van der Waals surface area contributed by atoms with Crippen LogP contribution in [0.15, 0.2) is 0 Å². The van der Waals surface area contributed by atoms with E-state index in [1.807, 2.05) is 0 Å². The van der Waals surface area contributed by atoms with Crippen molar-refractivity contribution >= 4 is 0 Å². The van der Waals surface area contributed by atoms with Gasteiger partial charge < -0.3 is 14.8 Å². The van der Waals surface area contributed by atoms with E-state index < -0.39 is 0 Å². The molecule has 2 atom stereocenters. The standard InChI is InChI=1S/C10H17NO2/c1-2-4-7(3-1)10-12-8-5-11-6-9(8)13-10/h7-11H,1-6H2. The average Bonchev–Trinajstić information content (AvgIpc) is 2.78. The number of ether oxygens (including phenoxy) is 2. The van der Waals surface area contributed by atoms with Gasteiger partial charge >= 0.3 is 0 Å². The highest BCUT2D eigenvalue weighted by atomic mass is 16.7. The molecule has 3 aliphatic rings. The van der Waals surface area contributed by atoms with E-state index in [1.54, 1.807) is 0 Å². The Morgan fingerprint density at radius 3 is 2.15 bits per heavy atom. The molecule has 1 N–H and O–H groups in total. The minimum Gasteiger partial charge on any atom is -0.345 e. The van der Waals surface area contributed by atoms with Crippen LogP contribution in [0.4, 0.5) is 0 Å². The highest BCUT2D eigenvalue weighted by molar-refractivity contribution is 4.89. The van der Waals surface area contributed by atoms with Gasteiger partial charge in [0.1, 0.15) is 12.2 Å². The highest BCUT2D eigenvalue weighted by Gasteiger charge is 2.42. The summed E-state index contributed by atoms with van der Waals surface area (Å²) in [5.41, 5.74) is 0. The van der Waals surface area contributed by atoms with E-state index in [-0.39, 0.29) is 6.29 Å². The van der Waals surface area contributed by atoms with E-state index in [9.17, 15) is 0 Å². The minimum absolute atomic E-state index is 0.125. The SMILES string of the molecule is C1CCC(C2OC3CNCC3O2)C1. The Balaban J connectivity index is 1.62. The lowest BCUT2D eigenvalue weighted by Crippen LogP contribution is -2.24. The zero-order valence-electron chi connectivity index (χ0n) is 7.87. The molecule has 0 radical (unpaired) electrons. The number of nitrogens with one attached hydrogen (secondary N) is 1. The first-order valence-corrected chi connectivity index (χ1v) is 5.45. The van der Waals surface area contributed by atoms with Crippen molar-refractivity contribution in [2.24, 2.45) is 5.92 Å². The second-order valence-electron chi connectivity index (χ2n) is 4.42. The molecule has 3 rings (SSSR count). The lowest BCUT2D eigenvalue weighted by Gasteiger charge is -2.18. The van der Waals surface area contributed by atoms with Gasteiger partial charge in [0.05, 0.1) is 0 Å². The van der Waals surface area contributed by atoms with Gasteiger partial charge in [0.25, 0.3) is 0 Å². The lowest BCUT2D eigenvalue weighted by atomic mass is 10.1. The van der Waals surface area contributed by atoms with Crippen molar-refractivity contribution < 1.29 is 9.47 Å². The van der Waals surface area contributed by atoms with Gasteiger partial charge in [-0.05, 0) is 12.8 Å². The lowest BCUT2D eigenvalue weighted by molar-refractivity contribution is -0.106. The van der Waals surface area contributed by atoms with Crippen molar-refractivity contribution in [3.8, 4) is 0 Å². The van der Waals surface area contributed by atoms with E-state index in [0.29, 0.717) is 18.1 Å². The summed E-state index contributed by atoms with van der Waals surface area (Å²) < 4.78 is 11.8. The van der Waals surface area contributed by atoms with Gasteiger partial charge in [-0.1, -0.05) is 12.8 Å². The maximum atomic E-state index is 5.88. The molecule has 2 unspecified atom stereocenters. The molecular weight excluding hydrogens is 166 g/mol. The average molecular weight is 183 g/mol. The van der Waals surface area contributed by atoms with E-state index in [1.165, 1.54) is 25.7 Å². The van der Waals surface area contributed by atoms with E-state index >= 15 is 0 Å². The summed E-state index contributed by atoms with van der Waals surface area (Å²) in [6.45, 7) is 1.96. The van der Waals surface area contributed by atoms with E-state index in [0.717, 1.165) is 13.1 Å². The van der Waals surface area contributed by atoms with Gasteiger partial charge in [-0.15, -0.1) is 0 Å². The third-order valence-corrected chi connectivity index (χ3v) is 3.51. The number of hydrogen-bond donors (Lipinski definition) is 1. The zero-order chi connectivity index (χ0) is 8.67. The van der Waals surface area contributed by atoms with Crippen molar-refractivity contribution in [1.29, 1.82) is 0 Å². The molecule has 0 amide bonds. The first-order valence-electron chi connectivity index (χ1n) is 5.45. The number of fused-ring (bicyclic) bond motifs is 1. The van der Waals surface area contributed by atoms with Crippen molar-refractivity contribution in [3.63, 3.8) is 0 Å². The summed E-state index contributed by atoms with van der Waals surface area (Å²) in [7, 11) is 0. The van der Waals surface area contributed by atoms with Gasteiger partial charge in [0.2, 0.25) is 0 Å². The predicted molar refractivity (Wildman–Crippen MR) is 48.4 cm³/mol. The molecule has 3 heteroatoms. The van der Waals surface area contributed by atoms with Crippen LogP contribution >= 0.6 is 0 Å². The van der Waals surface area contributed by atoms with Crippen LogP contribution in [0.3, 0.4) is 0 Å². The Morgan fingerprint density at radius 2 is 1.54 bits per heavy atom. The van der Waals surface area contributed by atoms with Crippen LogP contribution in [-0.2, 0) is 9.47 Å². The summed E-state index contributed by atoms with van der Waals surface area (Å²) in [4.78, 5) is 0. The molecule has 3 fully saturated rings. The number of hydrogen-bond acceptors (Lipinski definition) is 3. The summed E-state index contributed by atoms with van der Waals surface area (Å²) in [5.74, 6) is 0.686. The van der Waals surface area contributed by atoms with Crippen LogP contribution in [0.25, 0.3) is 0 Å². The molecule has 3 nitrogen and oxygen atoms in total. The van der Waals surface area contributed by atoms with Crippen LogP contribution in [0.1, 0.15) is 25.7 Å². The van der Waals surface area contributed by atoms with Gasteiger partial charge in [-0.3, -0.25) is 0 Å². The molecule has 2 saturated heterocycles. The molecule has 0 aromatic carbocycles. The molecule has 0 aromatic heterocycles. The maximum Gasteiger partial charge on any atom is 0.161 e. The van der Waals surface area contributed by atoms with Gasteiger partial charge in [-0.25, -0.2) is 0 Å². The highest BCUT2D eigenvalue weighted by Crippen LogP contribution is 2.35. The molecule has 0 bridgehead atoms. The second-order valence-corrected chi connectivity index (χ2v) is 4.42. The van der Waals surface area contributed by atoms with Crippen molar-refractivity contribution in [2.45, 2.75) is 44.2 Å². The summed E-state index contributed by atoms with van der Waals surface area (Å²) in [5, 5.41) is 3.29. The first-order chi connectivity index (χ1) is 6.43. The number of rotatable bonds is 1. The normalized spacial score (nSPS) is 45.7. The smallest absolute Gasteiger partial charge is 0.161 e. The Labute approximate surface area is 78.8 Å².